The number of fused-ring (bicyclic) bond motifs is 1. The van der Waals surface area contributed by atoms with Gasteiger partial charge in [0.1, 0.15) is 6.54 Å². The quantitative estimate of drug-likeness (QED) is 0.441. The molecule has 0 aliphatic heterocycles. The summed E-state index contributed by atoms with van der Waals surface area (Å²) >= 11 is 0. The minimum atomic E-state index is -0.366. The molecule has 5 rings (SSSR count). The zero-order valence-corrected chi connectivity index (χ0v) is 16.9. The third-order valence-corrected chi connectivity index (χ3v) is 4.89. The van der Waals surface area contributed by atoms with Crippen LogP contribution in [0, 0.1) is 6.92 Å². The first-order chi connectivity index (χ1) is 15.6. The average molecular weight is 427 g/mol. The van der Waals surface area contributed by atoms with Crippen LogP contribution < -0.4 is 10.9 Å². The van der Waals surface area contributed by atoms with Gasteiger partial charge >= 0.3 is 0 Å². The van der Waals surface area contributed by atoms with Crippen molar-refractivity contribution in [3.05, 3.63) is 77.0 Å². The molecule has 2 N–H and O–H groups in total. The zero-order chi connectivity index (χ0) is 22.1. The number of nitrogens with one attached hydrogen (secondary N) is 2. The van der Waals surface area contributed by atoms with Crippen LogP contribution in [0.5, 0.6) is 0 Å². The second-order valence-corrected chi connectivity index (χ2v) is 7.14. The van der Waals surface area contributed by atoms with Gasteiger partial charge in [-0.1, -0.05) is 23.4 Å². The number of aromatic nitrogens is 6. The molecule has 0 aliphatic rings. The van der Waals surface area contributed by atoms with E-state index in [1.807, 2.05) is 19.1 Å². The van der Waals surface area contributed by atoms with Crippen LogP contribution >= 0.6 is 0 Å². The number of amides is 1. The number of carbonyl (C=O) groups is 1. The lowest BCUT2D eigenvalue weighted by Crippen LogP contribution is -2.27. The van der Waals surface area contributed by atoms with E-state index in [4.69, 9.17) is 4.52 Å². The molecular weight excluding hydrogens is 410 g/mol. The van der Waals surface area contributed by atoms with Crippen molar-refractivity contribution in [1.82, 2.24) is 29.9 Å². The molecule has 1 amide bonds. The van der Waals surface area contributed by atoms with Crippen molar-refractivity contribution < 1.29 is 9.32 Å². The Morgan fingerprint density at radius 1 is 1.16 bits per heavy atom. The van der Waals surface area contributed by atoms with Crippen LogP contribution in [0.15, 0.2) is 70.2 Å². The van der Waals surface area contributed by atoms with Crippen molar-refractivity contribution in [2.24, 2.45) is 0 Å². The molecule has 5 aromatic rings. The molecule has 0 unspecified atom stereocenters. The lowest BCUT2D eigenvalue weighted by Gasteiger charge is -2.11. The number of hydrogen-bond donors (Lipinski definition) is 2. The Morgan fingerprint density at radius 3 is 2.75 bits per heavy atom. The van der Waals surface area contributed by atoms with E-state index in [2.05, 4.69) is 30.6 Å². The first-order valence-electron chi connectivity index (χ1n) is 9.77. The van der Waals surface area contributed by atoms with Gasteiger partial charge in [0, 0.05) is 41.2 Å². The maximum atomic E-state index is 13.0. The average Bonchev–Trinajstić information content (AvgIpc) is 3.45. The molecule has 0 spiro atoms. The van der Waals surface area contributed by atoms with Gasteiger partial charge in [0.2, 0.25) is 11.7 Å². The van der Waals surface area contributed by atoms with Gasteiger partial charge in [0.15, 0.2) is 5.82 Å². The second-order valence-electron chi connectivity index (χ2n) is 7.14. The maximum Gasteiger partial charge on any atom is 0.259 e. The highest BCUT2D eigenvalue weighted by molar-refractivity contribution is 5.95. The van der Waals surface area contributed by atoms with Crippen LogP contribution in [-0.4, -0.2) is 35.8 Å². The number of carbonyl (C=O) groups excluding carboxylic acids is 1. The molecule has 0 aliphatic carbocycles. The van der Waals surface area contributed by atoms with Gasteiger partial charge in [-0.15, -0.1) is 0 Å². The first kappa shape index (κ1) is 19.4. The molecular formula is C22H17N7O3. The Hall–Kier alpha value is -4.60. The van der Waals surface area contributed by atoms with Gasteiger partial charge in [-0.2, -0.15) is 10.1 Å². The highest BCUT2D eigenvalue weighted by atomic mass is 16.5. The van der Waals surface area contributed by atoms with Gasteiger partial charge in [-0.25, -0.2) is 0 Å². The number of rotatable bonds is 5. The van der Waals surface area contributed by atoms with Crippen LogP contribution in [0.1, 0.15) is 5.69 Å². The predicted molar refractivity (Wildman–Crippen MR) is 117 cm³/mol. The summed E-state index contributed by atoms with van der Waals surface area (Å²) in [6.07, 6.45) is 3.27. The molecule has 0 bridgehead atoms. The molecule has 158 valence electrons. The van der Waals surface area contributed by atoms with Crippen molar-refractivity contribution in [3.8, 4) is 22.8 Å². The molecule has 0 fully saturated rings. The summed E-state index contributed by atoms with van der Waals surface area (Å²) in [6, 6.07) is 13.9. The van der Waals surface area contributed by atoms with Crippen LogP contribution in [0.3, 0.4) is 0 Å². The minimum Gasteiger partial charge on any atom is -0.334 e. The predicted octanol–water partition coefficient (Wildman–Crippen LogP) is 2.78. The Kier molecular flexibility index (Phi) is 4.79. The number of benzene rings is 1. The summed E-state index contributed by atoms with van der Waals surface area (Å²) in [5.74, 6) is 0.642. The van der Waals surface area contributed by atoms with E-state index in [9.17, 15) is 9.59 Å². The Labute approximate surface area is 180 Å². The van der Waals surface area contributed by atoms with Gasteiger partial charge in [-0.05, 0) is 25.1 Å². The fourth-order valence-electron chi connectivity index (χ4n) is 3.43. The van der Waals surface area contributed by atoms with E-state index in [0.717, 1.165) is 11.3 Å². The second kappa shape index (κ2) is 7.91. The molecule has 10 nitrogen and oxygen atoms in total. The van der Waals surface area contributed by atoms with E-state index in [1.165, 1.54) is 10.6 Å². The molecule has 1 aromatic carbocycles. The summed E-state index contributed by atoms with van der Waals surface area (Å²) in [6.45, 7) is 1.66. The fraction of sp³-hybridized carbons (Fsp3) is 0.0909. The lowest BCUT2D eigenvalue weighted by molar-refractivity contribution is -0.116. The normalized spacial score (nSPS) is 11.0. The largest absolute Gasteiger partial charge is 0.334 e. The third kappa shape index (κ3) is 3.65. The van der Waals surface area contributed by atoms with Crippen molar-refractivity contribution >= 4 is 22.6 Å². The highest BCUT2D eigenvalue weighted by Crippen LogP contribution is 2.27. The highest BCUT2D eigenvalue weighted by Gasteiger charge is 2.18. The zero-order valence-electron chi connectivity index (χ0n) is 16.9. The van der Waals surface area contributed by atoms with Crippen LogP contribution in [-0.2, 0) is 11.3 Å². The summed E-state index contributed by atoms with van der Waals surface area (Å²) < 4.78 is 6.85. The van der Waals surface area contributed by atoms with Crippen LogP contribution in [0.25, 0.3) is 33.7 Å². The number of para-hydroxylation sites is 1. The molecule has 0 atom stereocenters. The monoisotopic (exact) mass is 427 g/mol. The standard InChI is InChI=1S/C22H17N7O3/c1-13-10-18(27-26-13)24-19(30)12-29-17-5-3-2-4-15(17)16(11-20(29)31)22-25-21(28-32-22)14-6-8-23-9-7-14/h2-11H,12H2,1H3,(H2,24,26,27,30). The number of nitrogens with zero attached hydrogens (tertiary/aromatic N) is 5. The van der Waals surface area contributed by atoms with Gasteiger partial charge in [0.05, 0.1) is 11.1 Å². The Bertz CT molecular complexity index is 1480. The summed E-state index contributed by atoms with van der Waals surface area (Å²) in [4.78, 5) is 33.9. The Morgan fingerprint density at radius 2 is 1.97 bits per heavy atom. The number of pyridine rings is 2. The van der Waals surface area contributed by atoms with Gasteiger partial charge in [0.25, 0.3) is 11.4 Å². The van der Waals surface area contributed by atoms with Crippen molar-refractivity contribution in [1.29, 1.82) is 0 Å². The van der Waals surface area contributed by atoms with E-state index in [1.54, 1.807) is 42.7 Å². The summed E-state index contributed by atoms with van der Waals surface area (Å²) in [5.41, 5.74) is 2.27. The minimum absolute atomic E-state index is 0.169. The van der Waals surface area contributed by atoms with Crippen molar-refractivity contribution in [2.75, 3.05) is 5.32 Å². The number of aryl methyl sites for hydroxylation is 1. The molecule has 10 heteroatoms. The third-order valence-electron chi connectivity index (χ3n) is 4.89. The van der Waals surface area contributed by atoms with Crippen molar-refractivity contribution in [2.45, 2.75) is 13.5 Å². The molecule has 0 saturated heterocycles. The fourth-order valence-corrected chi connectivity index (χ4v) is 3.43. The molecule has 32 heavy (non-hydrogen) atoms. The molecule has 4 aromatic heterocycles. The Balaban J connectivity index is 1.52. The number of anilines is 1. The molecule has 0 radical (unpaired) electrons. The van der Waals surface area contributed by atoms with E-state index >= 15 is 0 Å². The molecule has 0 saturated carbocycles. The lowest BCUT2D eigenvalue weighted by atomic mass is 10.1. The maximum absolute atomic E-state index is 13.0. The van der Waals surface area contributed by atoms with Gasteiger partial charge in [-0.3, -0.25) is 24.2 Å². The van der Waals surface area contributed by atoms with Crippen LogP contribution in [0.4, 0.5) is 5.82 Å². The van der Waals surface area contributed by atoms with E-state index in [-0.39, 0.29) is 23.9 Å². The molecule has 4 heterocycles. The van der Waals surface area contributed by atoms with E-state index < -0.39 is 0 Å². The topological polar surface area (TPSA) is 132 Å². The van der Waals surface area contributed by atoms with Crippen molar-refractivity contribution in [3.63, 3.8) is 0 Å². The SMILES string of the molecule is Cc1cc(NC(=O)Cn2c(=O)cc(-c3nc(-c4ccncc4)no3)c3ccccc32)n[nH]1. The van der Waals surface area contributed by atoms with Crippen LogP contribution in [0.2, 0.25) is 0 Å². The van der Waals surface area contributed by atoms with E-state index in [0.29, 0.717) is 28.1 Å². The number of H-pyrrole nitrogens is 1. The number of aromatic amines is 1. The number of hydrogen-bond acceptors (Lipinski definition) is 7. The smallest absolute Gasteiger partial charge is 0.259 e. The first-order valence-corrected chi connectivity index (χ1v) is 9.77. The summed E-state index contributed by atoms with van der Waals surface area (Å²) in [7, 11) is 0. The van der Waals surface area contributed by atoms with Gasteiger partial charge < -0.3 is 9.84 Å². The summed E-state index contributed by atoms with van der Waals surface area (Å²) in [5, 5.41) is 14.2.